The second-order valence-electron chi connectivity index (χ2n) is 5.15. The molecule has 0 aromatic heterocycles. The van der Waals surface area contributed by atoms with E-state index in [4.69, 9.17) is 0 Å². The van der Waals surface area contributed by atoms with E-state index in [1.54, 1.807) is 12.1 Å². The van der Waals surface area contributed by atoms with Crippen LogP contribution in [0.4, 0.5) is 0 Å². The van der Waals surface area contributed by atoms with Crippen LogP contribution in [0.5, 0.6) is 0 Å². The number of carbonyl (C=O) groups excluding carboxylic acids is 1. The van der Waals surface area contributed by atoms with Gasteiger partial charge in [0, 0.05) is 5.92 Å². The first-order valence-electron chi connectivity index (χ1n) is 7.21. The van der Waals surface area contributed by atoms with Gasteiger partial charge in [0.15, 0.2) is 0 Å². The Labute approximate surface area is 135 Å². The van der Waals surface area contributed by atoms with Gasteiger partial charge in [0.25, 0.3) is 0 Å². The lowest BCUT2D eigenvalue weighted by molar-refractivity contribution is 0.0600. The molecule has 0 saturated carbocycles. The van der Waals surface area contributed by atoms with E-state index in [0.29, 0.717) is 12.0 Å². The van der Waals surface area contributed by atoms with Crippen molar-refractivity contribution in [3.63, 3.8) is 0 Å². The molecule has 0 aliphatic carbocycles. The predicted molar refractivity (Wildman–Crippen MR) is 85.4 cm³/mol. The molecule has 0 bridgehead atoms. The van der Waals surface area contributed by atoms with E-state index in [1.807, 2.05) is 42.5 Å². The molecule has 0 heterocycles. The van der Waals surface area contributed by atoms with E-state index >= 15 is 0 Å². The van der Waals surface area contributed by atoms with Gasteiger partial charge in [-0.2, -0.15) is 10.5 Å². The lowest BCUT2D eigenvalue weighted by Gasteiger charge is -2.18. The van der Waals surface area contributed by atoms with E-state index in [9.17, 15) is 15.3 Å². The van der Waals surface area contributed by atoms with Crippen molar-refractivity contribution in [2.45, 2.75) is 12.3 Å². The largest absolute Gasteiger partial charge is 0.465 e. The Morgan fingerprint density at radius 3 is 2.17 bits per heavy atom. The molecule has 114 valence electrons. The fourth-order valence-electron chi connectivity index (χ4n) is 2.49. The lowest BCUT2D eigenvalue weighted by Crippen LogP contribution is -2.13. The summed E-state index contributed by atoms with van der Waals surface area (Å²) in [4.78, 5) is 11.5. The Morgan fingerprint density at radius 2 is 1.65 bits per heavy atom. The molecule has 1 unspecified atom stereocenters. The highest BCUT2D eigenvalue weighted by Gasteiger charge is 2.23. The predicted octanol–water partition coefficient (Wildman–Crippen LogP) is 3.46. The van der Waals surface area contributed by atoms with Gasteiger partial charge < -0.3 is 4.74 Å². The van der Waals surface area contributed by atoms with Crippen LogP contribution in [0.1, 0.15) is 27.4 Å². The third kappa shape index (κ3) is 3.96. The van der Waals surface area contributed by atoms with Crippen LogP contribution in [0, 0.1) is 28.6 Å². The SMILES string of the molecule is COC(=O)c1ccc(CC(c2ccccc2)C(C#N)C#N)cc1. The molecular weight excluding hydrogens is 288 g/mol. The minimum atomic E-state index is -0.724. The van der Waals surface area contributed by atoms with Crippen LogP contribution in [0.3, 0.4) is 0 Å². The molecule has 2 rings (SSSR count). The number of ether oxygens (including phenoxy) is 1. The highest BCUT2D eigenvalue weighted by molar-refractivity contribution is 5.89. The van der Waals surface area contributed by atoms with E-state index in [0.717, 1.165) is 11.1 Å². The molecule has 0 fully saturated rings. The molecule has 1 atom stereocenters. The minimum Gasteiger partial charge on any atom is -0.465 e. The molecule has 23 heavy (non-hydrogen) atoms. The van der Waals surface area contributed by atoms with Gasteiger partial charge in [-0.3, -0.25) is 0 Å². The molecule has 2 aromatic carbocycles. The third-order valence-corrected chi connectivity index (χ3v) is 3.74. The molecule has 0 spiro atoms. The average molecular weight is 304 g/mol. The number of esters is 1. The molecule has 4 heteroatoms. The molecule has 4 nitrogen and oxygen atoms in total. The summed E-state index contributed by atoms with van der Waals surface area (Å²) in [7, 11) is 1.34. The minimum absolute atomic E-state index is 0.213. The first kappa shape index (κ1) is 16.3. The van der Waals surface area contributed by atoms with Gasteiger partial charge in [-0.15, -0.1) is 0 Å². The highest BCUT2D eigenvalue weighted by Crippen LogP contribution is 2.28. The van der Waals surface area contributed by atoms with Crippen LogP contribution in [-0.4, -0.2) is 13.1 Å². The van der Waals surface area contributed by atoms with E-state index in [1.165, 1.54) is 7.11 Å². The first-order chi connectivity index (χ1) is 11.2. The van der Waals surface area contributed by atoms with Crippen LogP contribution >= 0.6 is 0 Å². The maximum Gasteiger partial charge on any atom is 0.337 e. The fraction of sp³-hybridized carbons (Fsp3) is 0.211. The molecule has 0 aliphatic heterocycles. The van der Waals surface area contributed by atoms with Crippen LogP contribution < -0.4 is 0 Å². The molecule has 0 radical (unpaired) electrons. The second kappa shape index (κ2) is 7.77. The van der Waals surface area contributed by atoms with Gasteiger partial charge >= 0.3 is 5.97 Å². The third-order valence-electron chi connectivity index (χ3n) is 3.74. The second-order valence-corrected chi connectivity index (χ2v) is 5.15. The normalized spacial score (nSPS) is 11.3. The Balaban J connectivity index is 2.27. The van der Waals surface area contributed by atoms with Crippen molar-refractivity contribution in [1.29, 1.82) is 10.5 Å². The number of nitriles is 2. The van der Waals surface area contributed by atoms with Gasteiger partial charge in [-0.05, 0) is 29.7 Å². The van der Waals surface area contributed by atoms with Crippen molar-refractivity contribution in [2.24, 2.45) is 5.92 Å². The summed E-state index contributed by atoms with van der Waals surface area (Å²) in [6, 6.07) is 20.7. The summed E-state index contributed by atoms with van der Waals surface area (Å²) in [6.45, 7) is 0. The standard InChI is InChI=1S/C19H16N2O2/c1-23-19(22)16-9-7-14(8-10-16)11-18(17(12-20)13-21)15-5-3-2-4-6-15/h2-10,17-18H,11H2,1H3. The van der Waals surface area contributed by atoms with Gasteiger partial charge in [0.1, 0.15) is 5.92 Å². The number of benzene rings is 2. The first-order valence-corrected chi connectivity index (χ1v) is 7.21. The van der Waals surface area contributed by atoms with E-state index < -0.39 is 5.92 Å². The Morgan fingerprint density at radius 1 is 1.04 bits per heavy atom. The summed E-state index contributed by atoms with van der Waals surface area (Å²) in [5, 5.41) is 18.5. The fourth-order valence-corrected chi connectivity index (χ4v) is 2.49. The number of rotatable bonds is 5. The monoisotopic (exact) mass is 304 g/mol. The molecular formula is C19H16N2O2. The summed E-state index contributed by atoms with van der Waals surface area (Å²) in [5.41, 5.74) is 2.39. The summed E-state index contributed by atoms with van der Waals surface area (Å²) >= 11 is 0. The van der Waals surface area contributed by atoms with Gasteiger partial charge in [0.05, 0.1) is 24.8 Å². The van der Waals surface area contributed by atoms with Crippen molar-refractivity contribution in [3.8, 4) is 12.1 Å². The summed E-state index contributed by atoms with van der Waals surface area (Å²) < 4.78 is 4.67. The zero-order valence-electron chi connectivity index (χ0n) is 12.8. The molecule has 2 aromatic rings. The van der Waals surface area contributed by atoms with Crippen molar-refractivity contribution in [2.75, 3.05) is 7.11 Å². The number of hydrogen-bond acceptors (Lipinski definition) is 4. The van der Waals surface area contributed by atoms with Crippen molar-refractivity contribution >= 4 is 5.97 Å². The van der Waals surface area contributed by atoms with Gasteiger partial charge in [-0.1, -0.05) is 42.5 Å². The van der Waals surface area contributed by atoms with E-state index in [2.05, 4.69) is 16.9 Å². The highest BCUT2D eigenvalue weighted by atomic mass is 16.5. The van der Waals surface area contributed by atoms with Crippen molar-refractivity contribution in [1.82, 2.24) is 0 Å². The Hall–Kier alpha value is -3.11. The zero-order chi connectivity index (χ0) is 16.7. The summed E-state index contributed by atoms with van der Waals surface area (Å²) in [5.74, 6) is -1.32. The maximum atomic E-state index is 11.5. The quantitative estimate of drug-likeness (QED) is 0.793. The maximum absolute atomic E-state index is 11.5. The number of carbonyl (C=O) groups is 1. The van der Waals surface area contributed by atoms with Crippen LogP contribution in [-0.2, 0) is 11.2 Å². The molecule has 0 amide bonds. The lowest BCUT2D eigenvalue weighted by atomic mass is 9.83. The number of hydrogen-bond donors (Lipinski definition) is 0. The Kier molecular flexibility index (Phi) is 5.50. The van der Waals surface area contributed by atoms with Crippen LogP contribution in [0.2, 0.25) is 0 Å². The number of nitrogens with zero attached hydrogens (tertiary/aromatic N) is 2. The van der Waals surface area contributed by atoms with Crippen LogP contribution in [0.25, 0.3) is 0 Å². The Bertz CT molecular complexity index is 726. The van der Waals surface area contributed by atoms with Crippen LogP contribution in [0.15, 0.2) is 54.6 Å². The average Bonchev–Trinajstić information content (AvgIpc) is 2.62. The van der Waals surface area contributed by atoms with Crippen molar-refractivity contribution < 1.29 is 9.53 Å². The smallest absolute Gasteiger partial charge is 0.337 e. The van der Waals surface area contributed by atoms with E-state index in [-0.39, 0.29) is 11.9 Å². The molecule has 0 N–H and O–H groups in total. The molecule has 0 aliphatic rings. The summed E-state index contributed by atoms with van der Waals surface area (Å²) in [6.07, 6.45) is 0.553. The number of methoxy groups -OCH3 is 1. The zero-order valence-corrected chi connectivity index (χ0v) is 12.8. The van der Waals surface area contributed by atoms with Crippen molar-refractivity contribution in [3.05, 3.63) is 71.3 Å². The topological polar surface area (TPSA) is 73.9 Å². The van der Waals surface area contributed by atoms with Gasteiger partial charge in [-0.25, -0.2) is 4.79 Å². The van der Waals surface area contributed by atoms with Gasteiger partial charge in [0.2, 0.25) is 0 Å². The molecule has 0 saturated heterocycles.